The molecule has 1 amide bonds. The molecule has 4 N–H and O–H groups in total. The van der Waals surface area contributed by atoms with Crippen LogP contribution >= 0.6 is 0 Å². The molecule has 11 nitrogen and oxygen atoms in total. The first-order valence-electron chi connectivity index (χ1n) is 12.3. The molecule has 5 rings (SSSR count). The van der Waals surface area contributed by atoms with E-state index in [4.69, 9.17) is 5.73 Å². The summed E-state index contributed by atoms with van der Waals surface area (Å²) in [5, 5.41) is 22.2. The highest BCUT2D eigenvalue weighted by molar-refractivity contribution is 6.02. The van der Waals surface area contributed by atoms with E-state index in [9.17, 15) is 23.1 Å². The Morgan fingerprint density at radius 2 is 1.87 bits per heavy atom. The van der Waals surface area contributed by atoms with E-state index in [1.165, 1.54) is 6.20 Å². The Labute approximate surface area is 221 Å². The number of alkyl halides is 3. The zero-order valence-electron chi connectivity index (χ0n) is 21.5. The van der Waals surface area contributed by atoms with Crippen molar-refractivity contribution >= 4 is 22.9 Å². The van der Waals surface area contributed by atoms with Crippen molar-refractivity contribution < 1.29 is 23.1 Å². The first kappa shape index (κ1) is 26.4. The van der Waals surface area contributed by atoms with E-state index >= 15 is 0 Å². The number of fused-ring (bicyclic) bond motifs is 1. The van der Waals surface area contributed by atoms with Gasteiger partial charge in [-0.1, -0.05) is 6.92 Å². The smallest absolute Gasteiger partial charge is 0.389 e. The quantitative estimate of drug-likeness (QED) is 0.323. The molecule has 4 aromatic heterocycles. The summed E-state index contributed by atoms with van der Waals surface area (Å²) in [5.74, 6) is -0.260. The molecule has 0 aromatic carbocycles. The molecule has 1 aliphatic heterocycles. The number of nitrogens with zero attached hydrogens (tertiary/aromatic N) is 7. The summed E-state index contributed by atoms with van der Waals surface area (Å²) in [5.41, 5.74) is 6.64. The molecule has 1 saturated heterocycles. The second-order valence-electron chi connectivity index (χ2n) is 10.5. The molecule has 0 aliphatic carbocycles. The lowest BCUT2D eigenvalue weighted by Crippen LogP contribution is -2.30. The van der Waals surface area contributed by atoms with Crippen LogP contribution < -0.4 is 16.0 Å². The molecule has 0 radical (unpaired) electrons. The summed E-state index contributed by atoms with van der Waals surface area (Å²) < 4.78 is 41.9. The second-order valence-corrected chi connectivity index (χ2v) is 10.5. The highest BCUT2D eigenvalue weighted by Gasteiger charge is 2.35. The van der Waals surface area contributed by atoms with Crippen molar-refractivity contribution in [2.24, 2.45) is 11.7 Å². The Morgan fingerprint density at radius 1 is 1.10 bits per heavy atom. The van der Waals surface area contributed by atoms with Gasteiger partial charge in [0.2, 0.25) is 0 Å². The summed E-state index contributed by atoms with van der Waals surface area (Å²) in [6.45, 7) is 6.66. The van der Waals surface area contributed by atoms with Crippen molar-refractivity contribution in [3.05, 3.63) is 54.5 Å². The fourth-order valence-corrected chi connectivity index (χ4v) is 4.71. The number of carbonyl (C=O) groups excluding carboxylic acids is 1. The number of primary amides is 1. The van der Waals surface area contributed by atoms with Crippen molar-refractivity contribution in [2.45, 2.75) is 45.1 Å². The number of hydrogen-bond acceptors (Lipinski definition) is 8. The summed E-state index contributed by atoms with van der Waals surface area (Å²) in [6, 6.07) is 1.69. The number of amides is 1. The maximum absolute atomic E-state index is 12.9. The van der Waals surface area contributed by atoms with Gasteiger partial charge >= 0.3 is 6.18 Å². The van der Waals surface area contributed by atoms with Gasteiger partial charge in [-0.25, -0.2) is 14.5 Å². The summed E-state index contributed by atoms with van der Waals surface area (Å²) in [7, 11) is 0. The topological polar surface area (TPSA) is 139 Å². The van der Waals surface area contributed by atoms with Gasteiger partial charge in [0.05, 0.1) is 53.7 Å². The molecular weight excluding hydrogens is 515 g/mol. The zero-order chi connectivity index (χ0) is 28.1. The molecule has 0 bridgehead atoms. The van der Waals surface area contributed by atoms with Gasteiger partial charge in [0, 0.05) is 42.7 Å². The van der Waals surface area contributed by atoms with Crippen LogP contribution in [0.3, 0.4) is 0 Å². The number of halogens is 3. The Kier molecular flexibility index (Phi) is 6.45. The highest BCUT2D eigenvalue weighted by Crippen LogP contribution is 2.32. The highest BCUT2D eigenvalue weighted by atomic mass is 19.4. The van der Waals surface area contributed by atoms with Gasteiger partial charge in [0.15, 0.2) is 5.69 Å². The average Bonchev–Trinajstić information content (AvgIpc) is 3.56. The van der Waals surface area contributed by atoms with Gasteiger partial charge in [-0.05, 0) is 25.8 Å². The summed E-state index contributed by atoms with van der Waals surface area (Å²) in [6.07, 6.45) is 3.99. The van der Waals surface area contributed by atoms with Crippen LogP contribution in [-0.2, 0) is 12.7 Å². The molecule has 4 aromatic rings. The third kappa shape index (κ3) is 5.50. The molecule has 1 fully saturated rings. The van der Waals surface area contributed by atoms with E-state index in [1.807, 2.05) is 24.1 Å². The third-order valence-electron chi connectivity index (χ3n) is 6.61. The van der Waals surface area contributed by atoms with Gasteiger partial charge in [-0.3, -0.25) is 9.48 Å². The fraction of sp³-hybridized carbons (Fsp3) is 0.400. The monoisotopic (exact) mass is 543 g/mol. The molecule has 0 spiro atoms. The Bertz CT molecular complexity index is 1510. The summed E-state index contributed by atoms with van der Waals surface area (Å²) >= 11 is 0. The predicted molar refractivity (Wildman–Crippen MR) is 137 cm³/mol. The predicted octanol–water partition coefficient (Wildman–Crippen LogP) is 2.81. The molecule has 0 saturated carbocycles. The largest absolute Gasteiger partial charge is 0.434 e. The van der Waals surface area contributed by atoms with Crippen LogP contribution in [0.1, 0.15) is 36.8 Å². The molecule has 5 heterocycles. The lowest BCUT2D eigenvalue weighted by atomic mass is 10.1. The lowest BCUT2D eigenvalue weighted by molar-refractivity contribution is -0.141. The van der Waals surface area contributed by atoms with E-state index in [2.05, 4.69) is 25.5 Å². The number of hydrogen-bond donors (Lipinski definition) is 3. The Balaban J connectivity index is 1.42. The maximum Gasteiger partial charge on any atom is 0.434 e. The van der Waals surface area contributed by atoms with Crippen molar-refractivity contribution in [1.29, 1.82) is 0 Å². The minimum atomic E-state index is -4.56. The number of anilines is 2. The molecule has 1 aliphatic rings. The van der Waals surface area contributed by atoms with Crippen LogP contribution in [0.15, 0.2) is 43.2 Å². The van der Waals surface area contributed by atoms with E-state index in [0.29, 0.717) is 36.7 Å². The van der Waals surface area contributed by atoms with E-state index in [1.54, 1.807) is 35.4 Å². The number of rotatable bonds is 7. The van der Waals surface area contributed by atoms with Crippen LogP contribution in [0.5, 0.6) is 0 Å². The van der Waals surface area contributed by atoms with Crippen LogP contribution in [0.25, 0.3) is 16.6 Å². The van der Waals surface area contributed by atoms with Crippen LogP contribution in [0, 0.1) is 5.92 Å². The molecule has 39 heavy (non-hydrogen) atoms. The van der Waals surface area contributed by atoms with Gasteiger partial charge < -0.3 is 21.1 Å². The molecule has 206 valence electrons. The standard InChI is InChI=1S/C25H28F3N9O2/c1-14-9-35(21-8-30-20(7-31-21)25(26,27)28)12-18(14)34-22-17(23(29)38)6-33-37-11-15(4-19(22)37)16-5-32-36(10-16)13-24(2,3)39/h4-8,10-11,14,18,34,39H,9,12-13H2,1-3H3,(H2,29,38)/t14-,18+/m0/s1. The van der Waals surface area contributed by atoms with Gasteiger partial charge in [0.25, 0.3) is 5.91 Å². The van der Waals surface area contributed by atoms with E-state index in [-0.39, 0.29) is 17.5 Å². The van der Waals surface area contributed by atoms with Crippen molar-refractivity contribution in [3.63, 3.8) is 0 Å². The van der Waals surface area contributed by atoms with Gasteiger partial charge in [0.1, 0.15) is 5.82 Å². The van der Waals surface area contributed by atoms with Crippen LogP contribution in [-0.4, -0.2) is 65.1 Å². The third-order valence-corrected chi connectivity index (χ3v) is 6.61. The van der Waals surface area contributed by atoms with Crippen LogP contribution in [0.4, 0.5) is 24.7 Å². The average molecular weight is 544 g/mol. The van der Waals surface area contributed by atoms with Crippen LogP contribution in [0.2, 0.25) is 0 Å². The SMILES string of the molecule is C[C@H]1CN(c2cnc(C(F)(F)F)cn2)C[C@H]1Nc1c(C(N)=O)cnn2cc(-c3cnn(CC(C)(C)O)c3)cc12. The summed E-state index contributed by atoms with van der Waals surface area (Å²) in [4.78, 5) is 21.6. The molecule has 14 heteroatoms. The number of aliphatic hydroxyl groups is 1. The molecule has 0 unspecified atom stereocenters. The first-order valence-corrected chi connectivity index (χ1v) is 12.3. The number of nitrogens with one attached hydrogen (secondary N) is 1. The minimum absolute atomic E-state index is 0.0533. The van der Waals surface area contributed by atoms with E-state index in [0.717, 1.165) is 23.5 Å². The number of carbonyl (C=O) groups is 1. The van der Waals surface area contributed by atoms with Gasteiger partial charge in [-0.15, -0.1) is 0 Å². The van der Waals surface area contributed by atoms with Crippen molar-refractivity contribution in [1.82, 2.24) is 29.4 Å². The van der Waals surface area contributed by atoms with E-state index < -0.39 is 23.4 Å². The molecule has 2 atom stereocenters. The Hall–Kier alpha value is -4.20. The normalized spacial score (nSPS) is 18.2. The first-order chi connectivity index (χ1) is 18.3. The fourth-order valence-electron chi connectivity index (χ4n) is 4.71. The Morgan fingerprint density at radius 3 is 2.51 bits per heavy atom. The molecular formula is C25H28F3N9O2. The maximum atomic E-state index is 12.9. The number of nitrogens with two attached hydrogens (primary N) is 1. The van der Waals surface area contributed by atoms with Gasteiger partial charge in [-0.2, -0.15) is 23.4 Å². The second kappa shape index (κ2) is 9.52. The number of aromatic nitrogens is 6. The lowest BCUT2D eigenvalue weighted by Gasteiger charge is -2.21. The minimum Gasteiger partial charge on any atom is -0.389 e. The zero-order valence-corrected chi connectivity index (χ0v) is 21.5. The van der Waals surface area contributed by atoms with Crippen molar-refractivity contribution in [2.75, 3.05) is 23.3 Å². The van der Waals surface area contributed by atoms with Crippen molar-refractivity contribution in [3.8, 4) is 11.1 Å².